The summed E-state index contributed by atoms with van der Waals surface area (Å²) in [6.45, 7) is 4.99. The van der Waals surface area contributed by atoms with Crippen LogP contribution in [-0.2, 0) is 13.6 Å². The first-order valence-electron chi connectivity index (χ1n) is 8.88. The number of thiazole rings is 1. The fourth-order valence-corrected chi connectivity index (χ4v) is 4.09. The van der Waals surface area contributed by atoms with Gasteiger partial charge in [0.1, 0.15) is 5.82 Å². The van der Waals surface area contributed by atoms with Crippen molar-refractivity contribution in [3.63, 3.8) is 0 Å². The van der Waals surface area contributed by atoms with Gasteiger partial charge in [-0.05, 0) is 26.3 Å². The first-order chi connectivity index (χ1) is 12.7. The molecule has 8 heteroatoms. The maximum atomic E-state index is 4.66. The Morgan fingerprint density at radius 1 is 1.19 bits per heavy atom. The van der Waals surface area contributed by atoms with E-state index in [4.69, 9.17) is 0 Å². The molecule has 7 nitrogen and oxygen atoms in total. The monoisotopic (exact) mass is 369 g/mol. The first-order valence-corrected chi connectivity index (χ1v) is 9.69. The summed E-state index contributed by atoms with van der Waals surface area (Å²) in [5, 5.41) is 4.22. The molecule has 26 heavy (non-hydrogen) atoms. The summed E-state index contributed by atoms with van der Waals surface area (Å²) in [5.74, 6) is 2.29. The van der Waals surface area contributed by atoms with Crippen LogP contribution in [0.3, 0.4) is 0 Å². The Morgan fingerprint density at radius 2 is 2.08 bits per heavy atom. The highest BCUT2D eigenvalue weighted by Crippen LogP contribution is 2.31. The van der Waals surface area contributed by atoms with E-state index in [0.717, 1.165) is 54.9 Å². The molecule has 136 valence electrons. The van der Waals surface area contributed by atoms with Gasteiger partial charge in [0.25, 0.3) is 0 Å². The lowest BCUT2D eigenvalue weighted by molar-refractivity contribution is 0.193. The number of aryl methyl sites for hydroxylation is 2. The molecule has 1 atom stereocenters. The second-order valence-corrected chi connectivity index (χ2v) is 7.95. The minimum absolute atomic E-state index is 0.362. The minimum Gasteiger partial charge on any atom is -0.337 e. The maximum Gasteiger partial charge on any atom is 0.188 e. The van der Waals surface area contributed by atoms with E-state index in [1.165, 1.54) is 4.88 Å². The summed E-state index contributed by atoms with van der Waals surface area (Å²) in [5.41, 5.74) is 1.03. The van der Waals surface area contributed by atoms with Gasteiger partial charge in [0.15, 0.2) is 10.9 Å². The van der Waals surface area contributed by atoms with E-state index >= 15 is 0 Å². The van der Waals surface area contributed by atoms with Crippen molar-refractivity contribution in [2.45, 2.75) is 32.2 Å². The molecule has 3 aromatic rings. The highest BCUT2D eigenvalue weighted by atomic mass is 32.1. The number of nitrogens with one attached hydrogen (secondary N) is 1. The molecule has 0 amide bonds. The molecule has 0 saturated carbocycles. The third-order valence-electron chi connectivity index (χ3n) is 4.75. The molecule has 0 radical (unpaired) electrons. The van der Waals surface area contributed by atoms with E-state index in [1.807, 2.05) is 25.6 Å². The Bertz CT molecular complexity index is 872. The van der Waals surface area contributed by atoms with Crippen LogP contribution < -0.4 is 5.32 Å². The Hall–Kier alpha value is -2.32. The van der Waals surface area contributed by atoms with Crippen molar-refractivity contribution < 1.29 is 0 Å². The Kier molecular flexibility index (Phi) is 4.94. The lowest BCUT2D eigenvalue weighted by Gasteiger charge is -2.32. The number of likely N-dealkylation sites (tertiary alicyclic amines) is 1. The van der Waals surface area contributed by atoms with E-state index in [9.17, 15) is 0 Å². The topological polar surface area (TPSA) is 71.8 Å². The van der Waals surface area contributed by atoms with Crippen LogP contribution in [-0.4, -0.2) is 42.5 Å². The lowest BCUT2D eigenvalue weighted by Crippen LogP contribution is -2.35. The van der Waals surface area contributed by atoms with Crippen LogP contribution in [0.5, 0.6) is 0 Å². The lowest BCUT2D eigenvalue weighted by atomic mass is 9.94. The van der Waals surface area contributed by atoms with Crippen molar-refractivity contribution in [3.05, 3.63) is 47.4 Å². The summed E-state index contributed by atoms with van der Waals surface area (Å²) in [6.07, 6.45) is 11.5. The zero-order valence-electron chi connectivity index (χ0n) is 15.1. The van der Waals surface area contributed by atoms with E-state index < -0.39 is 0 Å². The van der Waals surface area contributed by atoms with Crippen molar-refractivity contribution in [1.82, 2.24) is 29.4 Å². The molecule has 3 aromatic heterocycles. The standard InChI is InChI=1S/C18H23N7S/c1-13-10-22-18(26-13)23-17-16(20-5-6-21-17)14-4-3-8-25(11-14)12-15-19-7-9-24(15)2/h5-7,9-10,14H,3-4,8,11-12H2,1-2H3,(H,21,22,23)/t14-/m0/s1. The van der Waals surface area contributed by atoms with Crippen molar-refractivity contribution in [1.29, 1.82) is 0 Å². The van der Waals surface area contributed by atoms with Crippen LogP contribution in [0.1, 0.15) is 35.2 Å². The number of hydrogen-bond acceptors (Lipinski definition) is 7. The summed E-state index contributed by atoms with van der Waals surface area (Å²) in [6, 6.07) is 0. The van der Waals surface area contributed by atoms with Crippen LogP contribution in [0.2, 0.25) is 0 Å². The molecule has 1 N–H and O–H groups in total. The summed E-state index contributed by atoms with van der Waals surface area (Å²) in [7, 11) is 2.05. The molecule has 0 spiro atoms. The number of imidazole rings is 1. The normalized spacial score (nSPS) is 18.2. The smallest absolute Gasteiger partial charge is 0.188 e. The predicted molar refractivity (Wildman–Crippen MR) is 103 cm³/mol. The molecule has 0 bridgehead atoms. The highest BCUT2D eigenvalue weighted by molar-refractivity contribution is 7.15. The number of aromatic nitrogens is 5. The number of anilines is 2. The fraction of sp³-hybridized carbons (Fsp3) is 0.444. The molecule has 0 unspecified atom stereocenters. The van der Waals surface area contributed by atoms with E-state index in [1.54, 1.807) is 23.7 Å². The molecule has 4 heterocycles. The van der Waals surface area contributed by atoms with Gasteiger partial charge in [0, 0.05) is 55.4 Å². The van der Waals surface area contributed by atoms with E-state index in [0.29, 0.717) is 5.92 Å². The summed E-state index contributed by atoms with van der Waals surface area (Å²) >= 11 is 1.63. The van der Waals surface area contributed by atoms with Gasteiger partial charge in [0.05, 0.1) is 12.2 Å². The SMILES string of the molecule is Cc1cnc(Nc2nccnc2[C@H]2CCCN(Cc3nccn3C)C2)s1. The van der Waals surface area contributed by atoms with Gasteiger partial charge in [-0.3, -0.25) is 9.88 Å². The van der Waals surface area contributed by atoms with Gasteiger partial charge in [-0.1, -0.05) is 0 Å². The van der Waals surface area contributed by atoms with Gasteiger partial charge in [-0.2, -0.15) is 0 Å². The Balaban J connectivity index is 1.50. The second kappa shape index (κ2) is 7.51. The molecule has 4 rings (SSSR count). The molecule has 1 saturated heterocycles. The molecule has 1 aliphatic heterocycles. The molecule has 0 aliphatic carbocycles. The van der Waals surface area contributed by atoms with Crippen molar-refractivity contribution in [2.24, 2.45) is 7.05 Å². The molecular formula is C18H23N7S. The molecular weight excluding hydrogens is 346 g/mol. The Morgan fingerprint density at radius 3 is 2.85 bits per heavy atom. The second-order valence-electron chi connectivity index (χ2n) is 6.72. The van der Waals surface area contributed by atoms with Crippen molar-refractivity contribution >= 4 is 22.3 Å². The maximum absolute atomic E-state index is 4.66. The number of rotatable bonds is 5. The van der Waals surface area contributed by atoms with Gasteiger partial charge >= 0.3 is 0 Å². The van der Waals surface area contributed by atoms with Crippen LogP contribution in [0.4, 0.5) is 10.9 Å². The van der Waals surface area contributed by atoms with Crippen LogP contribution >= 0.6 is 11.3 Å². The zero-order chi connectivity index (χ0) is 17.9. The molecule has 1 fully saturated rings. The first kappa shape index (κ1) is 17.1. The van der Waals surface area contributed by atoms with Gasteiger partial charge in [-0.25, -0.2) is 15.0 Å². The minimum atomic E-state index is 0.362. The molecule has 0 aromatic carbocycles. The van der Waals surface area contributed by atoms with E-state index in [2.05, 4.69) is 41.6 Å². The van der Waals surface area contributed by atoms with Crippen molar-refractivity contribution in [2.75, 3.05) is 18.4 Å². The fourth-order valence-electron chi connectivity index (χ4n) is 3.43. The average Bonchev–Trinajstić information content (AvgIpc) is 3.24. The number of piperidine rings is 1. The summed E-state index contributed by atoms with van der Waals surface area (Å²) in [4.78, 5) is 21.7. The van der Waals surface area contributed by atoms with Crippen LogP contribution in [0.15, 0.2) is 31.0 Å². The van der Waals surface area contributed by atoms with Crippen LogP contribution in [0.25, 0.3) is 0 Å². The third-order valence-corrected chi connectivity index (χ3v) is 5.58. The largest absolute Gasteiger partial charge is 0.337 e. The zero-order valence-corrected chi connectivity index (χ0v) is 15.9. The average molecular weight is 369 g/mol. The number of hydrogen-bond donors (Lipinski definition) is 1. The predicted octanol–water partition coefficient (Wildman–Crippen LogP) is 3.10. The molecule has 1 aliphatic rings. The number of nitrogens with zero attached hydrogens (tertiary/aromatic N) is 6. The van der Waals surface area contributed by atoms with E-state index in [-0.39, 0.29) is 0 Å². The van der Waals surface area contributed by atoms with Crippen molar-refractivity contribution in [3.8, 4) is 0 Å². The van der Waals surface area contributed by atoms with Gasteiger partial charge in [0.2, 0.25) is 0 Å². The summed E-state index contributed by atoms with van der Waals surface area (Å²) < 4.78 is 2.09. The third kappa shape index (κ3) is 3.76. The highest BCUT2D eigenvalue weighted by Gasteiger charge is 2.26. The van der Waals surface area contributed by atoms with Gasteiger partial charge in [-0.15, -0.1) is 11.3 Å². The Labute approximate surface area is 157 Å². The van der Waals surface area contributed by atoms with Gasteiger partial charge < -0.3 is 9.88 Å². The quantitative estimate of drug-likeness (QED) is 0.745. The van der Waals surface area contributed by atoms with Crippen LogP contribution in [0, 0.1) is 6.92 Å².